The Kier molecular flexibility index (Phi) is 7.96. The van der Waals surface area contributed by atoms with Crippen LogP contribution in [-0.2, 0) is 39.2 Å². The molecule has 10 atom stereocenters. The second kappa shape index (κ2) is 11.4. The molecule has 3 fully saturated rings. The number of nitrogens with one attached hydrogen (secondary N) is 1. The molecule has 242 valence electrons. The van der Waals surface area contributed by atoms with E-state index in [0.717, 1.165) is 18.1 Å². The van der Waals surface area contributed by atoms with Crippen molar-refractivity contribution in [1.29, 1.82) is 0 Å². The van der Waals surface area contributed by atoms with Gasteiger partial charge in [-0.1, -0.05) is 12.2 Å². The second-order valence-electron chi connectivity index (χ2n) is 10.1. The number of thioether (sulfide) groups is 1. The number of H-pyrrole nitrogens is 1. The van der Waals surface area contributed by atoms with E-state index in [0.29, 0.717) is 0 Å². The third-order valence-corrected chi connectivity index (χ3v) is 11.9. The second-order valence-corrected chi connectivity index (χ2v) is 17.1. The molecule has 3 aliphatic rings. The lowest BCUT2D eigenvalue weighted by molar-refractivity contribution is -0.0196. The first-order valence-electron chi connectivity index (χ1n) is 12.9. The van der Waals surface area contributed by atoms with E-state index in [-0.39, 0.29) is 34.3 Å². The summed E-state index contributed by atoms with van der Waals surface area (Å²) in [6, 6.07) is 0. The topological polar surface area (TPSA) is 242 Å². The van der Waals surface area contributed by atoms with Crippen molar-refractivity contribution in [3.8, 4) is 0 Å². The van der Waals surface area contributed by atoms with E-state index in [4.69, 9.17) is 46.1 Å². The first-order chi connectivity index (χ1) is 21.3. The van der Waals surface area contributed by atoms with Crippen LogP contribution in [0, 0.1) is 0 Å². The Bertz CT molecular complexity index is 1950. The molecule has 0 aromatic carbocycles. The zero-order valence-corrected chi connectivity index (χ0v) is 26.6. The van der Waals surface area contributed by atoms with Crippen LogP contribution in [0.2, 0.25) is 0 Å². The van der Waals surface area contributed by atoms with E-state index in [9.17, 15) is 14.3 Å². The molecule has 7 heterocycles. The molecule has 3 saturated heterocycles. The first kappa shape index (κ1) is 31.3. The molecular weight excluding hydrogens is 704 g/mol. The average molecular weight is 727 g/mol. The first-order valence-corrected chi connectivity index (χ1v) is 19.1. The Hall–Kier alpha value is -2.30. The molecule has 7 rings (SSSR count). The molecule has 3 aliphatic heterocycles. The molecule has 0 radical (unpaired) electrons. The summed E-state index contributed by atoms with van der Waals surface area (Å²) in [7, 11) is 0. The fourth-order valence-corrected chi connectivity index (χ4v) is 9.81. The highest BCUT2D eigenvalue weighted by atomic mass is 32.7. The van der Waals surface area contributed by atoms with Crippen LogP contribution < -0.4 is 17.0 Å². The van der Waals surface area contributed by atoms with Crippen molar-refractivity contribution in [2.75, 3.05) is 24.7 Å². The predicted octanol–water partition coefficient (Wildman–Crippen LogP) is 1.22. The zero-order chi connectivity index (χ0) is 31.8. The van der Waals surface area contributed by atoms with Crippen molar-refractivity contribution in [2.45, 2.75) is 47.4 Å². The van der Waals surface area contributed by atoms with E-state index in [1.54, 1.807) is 0 Å². The van der Waals surface area contributed by atoms with Gasteiger partial charge in [0.05, 0.1) is 36.7 Å². The molecule has 4 aromatic rings. The molecule has 2 bridgehead atoms. The van der Waals surface area contributed by atoms with Gasteiger partial charge in [0.2, 0.25) is 5.95 Å². The maximum Gasteiger partial charge on any atom is 0.386 e. The summed E-state index contributed by atoms with van der Waals surface area (Å²) in [6.45, 7) is -9.86. The maximum absolute atomic E-state index is 16.0. The number of aromatic nitrogens is 8. The number of imidazole rings is 2. The monoisotopic (exact) mass is 726 g/mol. The summed E-state index contributed by atoms with van der Waals surface area (Å²) in [6.07, 6.45) is -6.13. The summed E-state index contributed by atoms with van der Waals surface area (Å²) in [4.78, 5) is 41.7. The highest BCUT2D eigenvalue weighted by molar-refractivity contribution is 8.44. The van der Waals surface area contributed by atoms with Crippen molar-refractivity contribution in [3.63, 3.8) is 0 Å². The van der Waals surface area contributed by atoms with Gasteiger partial charge in [-0.25, -0.2) is 32.8 Å². The number of rotatable bonds is 2. The summed E-state index contributed by atoms with van der Waals surface area (Å²) >= 11 is 10.1. The number of alkyl halides is 2. The third kappa shape index (κ3) is 5.67. The predicted molar refractivity (Wildman–Crippen MR) is 160 cm³/mol. The molecular formula is C20H22F2N10O8P2S3. The molecule has 0 amide bonds. The molecule has 4 aromatic heterocycles. The number of thiol groups is 1. The summed E-state index contributed by atoms with van der Waals surface area (Å²) < 4.78 is 76.0. The Balaban J connectivity index is 1.21. The Morgan fingerprint density at radius 1 is 1.13 bits per heavy atom. The smallest absolute Gasteiger partial charge is 0.381 e. The Morgan fingerprint density at radius 2 is 1.93 bits per heavy atom. The standard InChI is InChI=1S/C20H22F2N10O8P2S3/c21-9-8-3-37-42(35,44)39-13-7(38-12(10(13)22)6-1-25-17-15(23)26-4-28-32(6)17)2-36-41(34,43)40-14(9)19(45-8)31-5-27-11-16(31)29-20(24)30-18(11)33/h1,4-5,7-10,12-14,19H,2-3H2,(H,34,43)(H,35,44)(H2,23,26,28)(H3,24,29,30,33)/t7-,8-,9+,10-,12+,13-,14-,19-,41?,42?/m1/s1. The van der Waals surface area contributed by atoms with Gasteiger partial charge in [0.1, 0.15) is 42.3 Å². The largest absolute Gasteiger partial charge is 0.386 e. The zero-order valence-electron chi connectivity index (χ0n) is 22.3. The lowest BCUT2D eigenvalue weighted by atomic mass is 10.1. The SMILES string of the molecule is Nc1nc2c(ncn2[C@@H]2S[C@@H]3COP(O)(=S)O[C@H]4[C@H](F)[C@H](c5cnc6c(N)ncnn56)O[C@@H]4COP(=O)(S)O[C@@H]2[C@H]3F)c(=O)[nH]1. The fraction of sp³-hybridized carbons (Fsp3) is 0.500. The molecule has 25 heteroatoms. The van der Waals surface area contributed by atoms with Gasteiger partial charge in [-0.3, -0.25) is 27.9 Å². The van der Waals surface area contributed by atoms with Crippen LogP contribution in [0.25, 0.3) is 16.8 Å². The molecule has 6 N–H and O–H groups in total. The highest BCUT2D eigenvalue weighted by Crippen LogP contribution is 2.61. The highest BCUT2D eigenvalue weighted by Gasteiger charge is 2.54. The van der Waals surface area contributed by atoms with E-state index >= 15 is 8.78 Å². The molecule has 2 unspecified atom stereocenters. The molecule has 0 saturated carbocycles. The van der Waals surface area contributed by atoms with E-state index in [2.05, 4.69) is 42.3 Å². The fourth-order valence-electron chi connectivity index (χ4n) is 5.26. The number of nitrogens with two attached hydrogens (primary N) is 2. The van der Waals surface area contributed by atoms with Crippen LogP contribution in [-0.4, -0.2) is 93.1 Å². The number of aromatic amines is 1. The van der Waals surface area contributed by atoms with Gasteiger partial charge in [0, 0.05) is 0 Å². The minimum absolute atomic E-state index is 0.00408. The average Bonchev–Trinajstić information content (AvgIpc) is 3.72. The van der Waals surface area contributed by atoms with Gasteiger partial charge in [-0.05, 0) is 11.8 Å². The van der Waals surface area contributed by atoms with E-state index in [1.807, 2.05) is 0 Å². The molecule has 18 nitrogen and oxygen atoms in total. The van der Waals surface area contributed by atoms with Crippen LogP contribution in [0.5, 0.6) is 0 Å². The van der Waals surface area contributed by atoms with Gasteiger partial charge in [0.25, 0.3) is 5.56 Å². The van der Waals surface area contributed by atoms with Crippen molar-refractivity contribution in [1.82, 2.24) is 39.1 Å². The number of nitrogens with zero attached hydrogens (tertiary/aromatic N) is 7. The lowest BCUT2D eigenvalue weighted by Crippen LogP contribution is -2.33. The van der Waals surface area contributed by atoms with Gasteiger partial charge in [-0.15, -0.1) is 11.8 Å². The van der Waals surface area contributed by atoms with Crippen molar-refractivity contribution in [2.24, 2.45) is 0 Å². The van der Waals surface area contributed by atoms with Crippen molar-refractivity contribution in [3.05, 3.63) is 34.9 Å². The third-order valence-electron chi connectivity index (χ3n) is 7.24. The van der Waals surface area contributed by atoms with Crippen LogP contribution in [0.1, 0.15) is 17.2 Å². The van der Waals surface area contributed by atoms with Gasteiger partial charge in [0.15, 0.2) is 28.8 Å². The Labute approximate surface area is 264 Å². The van der Waals surface area contributed by atoms with Crippen molar-refractivity contribution >= 4 is 77.9 Å². The number of fused-ring (bicyclic) bond motifs is 5. The number of hydrogen-bond donors (Lipinski definition) is 5. The number of nitrogen functional groups attached to an aromatic ring is 2. The number of halogens is 2. The number of hydrogen-bond acceptors (Lipinski definition) is 16. The van der Waals surface area contributed by atoms with Crippen LogP contribution in [0.4, 0.5) is 20.5 Å². The van der Waals surface area contributed by atoms with Crippen LogP contribution in [0.15, 0.2) is 23.6 Å². The normalized spacial score (nSPS) is 37.7. The summed E-state index contributed by atoms with van der Waals surface area (Å²) in [5.41, 5.74) is 11.1. The Morgan fingerprint density at radius 3 is 2.73 bits per heavy atom. The van der Waals surface area contributed by atoms with E-state index in [1.165, 1.54) is 21.6 Å². The maximum atomic E-state index is 16.0. The molecule has 0 aliphatic carbocycles. The van der Waals surface area contributed by atoms with Crippen molar-refractivity contribution < 1.29 is 41.1 Å². The quantitative estimate of drug-likeness (QED) is 0.144. The number of anilines is 2. The molecule has 45 heavy (non-hydrogen) atoms. The summed E-state index contributed by atoms with van der Waals surface area (Å²) in [5.74, 6) is -0.184. The minimum Gasteiger partial charge on any atom is -0.381 e. The van der Waals surface area contributed by atoms with Gasteiger partial charge in [-0.2, -0.15) is 10.1 Å². The van der Waals surface area contributed by atoms with Gasteiger partial charge < -0.3 is 25.6 Å². The molecule has 0 spiro atoms. The van der Waals surface area contributed by atoms with E-state index < -0.39 is 79.7 Å². The van der Waals surface area contributed by atoms with Crippen LogP contribution in [0.3, 0.4) is 0 Å². The lowest BCUT2D eigenvalue weighted by Gasteiger charge is -2.26. The minimum atomic E-state index is -4.42. The summed E-state index contributed by atoms with van der Waals surface area (Å²) in [5, 5.41) is 1.90. The number of ether oxygens (including phenoxy) is 1. The van der Waals surface area contributed by atoms with Crippen LogP contribution >= 0.6 is 37.5 Å². The van der Waals surface area contributed by atoms with Gasteiger partial charge >= 0.3 is 13.5 Å².